The van der Waals surface area contributed by atoms with E-state index in [4.69, 9.17) is 8.83 Å². The van der Waals surface area contributed by atoms with Gasteiger partial charge in [-0.1, -0.05) is 84.6 Å². The number of hydrogen-bond acceptors (Lipinski definition) is 22. The third-order valence-corrected chi connectivity index (χ3v) is 27.0. The molecule has 784 valence electrons. The molecule has 0 bridgehead atoms. The number of amides is 12. The Balaban J connectivity index is 0.750. The van der Waals surface area contributed by atoms with Crippen LogP contribution >= 0.6 is 0 Å². The summed E-state index contributed by atoms with van der Waals surface area (Å²) in [5.41, 5.74) is 6.64. The van der Waals surface area contributed by atoms with Crippen LogP contribution in [0.2, 0.25) is 0 Å². The minimum atomic E-state index is -1.89. The lowest BCUT2D eigenvalue weighted by atomic mass is 9.88. The fourth-order valence-corrected chi connectivity index (χ4v) is 18.5. The zero-order chi connectivity index (χ0) is 107. The fourth-order valence-electron chi connectivity index (χ4n) is 18.5. The van der Waals surface area contributed by atoms with Crippen molar-refractivity contribution in [2.24, 2.45) is 11.8 Å². The van der Waals surface area contributed by atoms with Crippen molar-refractivity contribution in [2.75, 3.05) is 94.5 Å². The van der Waals surface area contributed by atoms with Crippen LogP contribution < -0.4 is 73.6 Å². The highest BCUT2D eigenvalue weighted by Gasteiger charge is 2.45. The van der Waals surface area contributed by atoms with Gasteiger partial charge in [-0.15, -0.1) is 0 Å². The van der Waals surface area contributed by atoms with E-state index in [0.29, 0.717) is 80.9 Å². The number of phenolic OH excluding ortho intramolecular Hbond substituents is 1. The number of carbonyl (C=O) groups excluding carboxylic acids is 12. The molecular formula is C107H134N16O24+2. The monoisotopic (exact) mass is 2030 g/mol. The summed E-state index contributed by atoms with van der Waals surface area (Å²) in [7, 11) is 7.30. The summed E-state index contributed by atoms with van der Waals surface area (Å²) in [5, 5.41) is 97.6. The second kappa shape index (κ2) is 50.7. The third kappa shape index (κ3) is 27.1. The van der Waals surface area contributed by atoms with Gasteiger partial charge in [0.15, 0.2) is 0 Å². The van der Waals surface area contributed by atoms with Crippen LogP contribution in [0.25, 0.3) is 66.1 Å². The van der Waals surface area contributed by atoms with Crippen molar-refractivity contribution < 1.29 is 116 Å². The molecule has 2 fully saturated rings. The summed E-state index contributed by atoms with van der Waals surface area (Å²) in [6.45, 7) is 16.9. The van der Waals surface area contributed by atoms with Crippen LogP contribution in [-0.4, -0.2) is 270 Å². The first-order valence-corrected chi connectivity index (χ1v) is 49.7. The van der Waals surface area contributed by atoms with Crippen LogP contribution in [0.5, 0.6) is 5.75 Å². The predicted octanol–water partition coefficient (Wildman–Crippen LogP) is 9.38. The van der Waals surface area contributed by atoms with Gasteiger partial charge in [0.2, 0.25) is 59.1 Å². The van der Waals surface area contributed by atoms with Gasteiger partial charge in [0.1, 0.15) is 66.2 Å². The van der Waals surface area contributed by atoms with E-state index < -0.39 is 187 Å². The maximum Gasteiger partial charge on any atom is 0.363 e. The van der Waals surface area contributed by atoms with Gasteiger partial charge < -0.3 is 114 Å². The van der Waals surface area contributed by atoms with Crippen LogP contribution in [0.4, 0.5) is 22.7 Å². The molecule has 18 N–H and O–H groups in total. The van der Waals surface area contributed by atoms with E-state index in [0.717, 1.165) is 33.9 Å². The lowest BCUT2D eigenvalue weighted by molar-refractivity contribution is -0.144. The number of unbranched alkanes of at least 4 members (excludes halogenated alkanes) is 2. The van der Waals surface area contributed by atoms with Crippen molar-refractivity contribution in [3.05, 3.63) is 160 Å². The number of rotatable bonds is 49. The van der Waals surface area contributed by atoms with Crippen molar-refractivity contribution >= 4 is 161 Å². The van der Waals surface area contributed by atoms with Gasteiger partial charge in [-0.3, -0.25) is 62.3 Å². The summed E-state index contributed by atoms with van der Waals surface area (Å²) in [6.07, 6.45) is 0.913. The Morgan fingerprint density at radius 3 is 1.37 bits per heavy atom. The normalized spacial score (nSPS) is 15.4. The SMILES string of the molecule is CCCC[C@H](NC(=O)[C@@H]1CCCN1C(=O)[C@@H](NC(=O)[C@H](C)NC(=O)[C@H](CC(=O)O)NC(=O)c1cccc(C(=O)O)c1-c1c2ccc(N(C)C)cc2[o+]c2cc(N(C)C)ccc12)[C@@H](C)CC)C(=O)N[C@@H](CO)C(=O)N[C@H](C(=O)N1CCC[C@H]1C(=O)N[C@@H](CCCCNC(=O)c1cccc(C(=O)O)c1-c1c2cc(C)c(NCC)cc2[o+]c2cc(NCC)c(C)cc12)C(=O)NCC(=O)N[C@@H](Cc1ccc(O)cc1)C(=O)O)[C@@H](C)CC. The Kier molecular flexibility index (Phi) is 38.6. The molecule has 40 heteroatoms. The fraction of sp³-hybridized carbons (Fsp3) is 0.439. The number of aliphatic carboxylic acids is 2. The van der Waals surface area contributed by atoms with Crippen molar-refractivity contribution in [3.63, 3.8) is 0 Å². The molecule has 9 aromatic rings. The van der Waals surface area contributed by atoms with Gasteiger partial charge in [-0.25, -0.2) is 23.2 Å². The highest BCUT2D eigenvalue weighted by Crippen LogP contribution is 2.46. The molecule has 0 radical (unpaired) electrons. The van der Waals surface area contributed by atoms with Gasteiger partial charge in [0, 0.05) is 123 Å². The Labute approximate surface area is 850 Å². The molecular weight excluding hydrogens is 1890 g/mol. The van der Waals surface area contributed by atoms with Gasteiger partial charge in [-0.2, -0.15) is 0 Å². The molecule has 11 rings (SSSR count). The number of anilines is 4. The molecule has 2 aliphatic heterocycles. The quantitative estimate of drug-likeness (QED) is 0.00958. The van der Waals surface area contributed by atoms with Crippen molar-refractivity contribution in [3.8, 4) is 28.0 Å². The van der Waals surface area contributed by atoms with E-state index in [-0.39, 0.29) is 135 Å². The number of carboxylic acids is 4. The van der Waals surface area contributed by atoms with E-state index in [1.807, 2.05) is 96.9 Å². The number of aryl methyl sites for hydroxylation is 2. The molecule has 0 aliphatic carbocycles. The Bertz CT molecular complexity index is 6360. The summed E-state index contributed by atoms with van der Waals surface area (Å²) in [4.78, 5) is 233. The van der Waals surface area contributed by atoms with E-state index in [9.17, 15) is 103 Å². The standard InChI is InChI=1S/C107H132N16O24/c1-15-20-31-74(115-102(137)81-34-26-44-122(81)103(138)92(56(6)16-2)118-94(129)60(10)112-99(134)77(53-87(127)128)116-96(131)68-28-24-30-70(106(142)143)90(68)88-65-41-37-62(120(11)12)49-82(65)146-83-50-63(121(13)14)38-42-66(83)88)98(133)117-79(55-124)100(135)119-93(57(7)17-3)104(139)123-45-25-33-80(123)101(136)114-73(97(132)111-54-86(126)113-78(107(144)145)48-61-35-39-64(125)40-36-61)32-21-22-43-110-95(130)67-27-23-29-69(105(140)141)89(67)91-71-46-58(8)75(108-18-4)51-84(71)147-85-52-76(109-19-5)59(9)47-72(85)91/h23-24,27-30,35-42,46-47,49-52,56-57,60,73-74,77-81,92-93,108-109,124H,15-22,25-26,31-34,43-45,48,53-55H2,1-14H3,(H13-2,110,111,112,113,114,115,116,117,118,119,125,126,127,128,129,130,131,132,133,134,135,136,137,140,141,142,143,144,145)/p+2/t56-,57-,60-,73-,74-,77-,78-,79-,80-,81-,92-,93-/m0/s1. The molecule has 2 aliphatic rings. The number of nitrogens with zero attached hydrogens (tertiary/aromatic N) is 4. The number of benzene rings is 7. The number of nitrogens with one attached hydrogen (secondary N) is 12. The number of likely N-dealkylation sites (tertiary alicyclic amines) is 2. The number of phenols is 1. The van der Waals surface area contributed by atoms with Gasteiger partial charge in [0.25, 0.3) is 11.8 Å². The third-order valence-electron chi connectivity index (χ3n) is 27.0. The maximum absolute atomic E-state index is 15.2. The predicted molar refractivity (Wildman–Crippen MR) is 554 cm³/mol. The van der Waals surface area contributed by atoms with Crippen LogP contribution in [0.15, 0.2) is 130 Å². The first-order valence-electron chi connectivity index (χ1n) is 49.7. The molecule has 0 unspecified atom stereocenters. The van der Waals surface area contributed by atoms with Gasteiger partial charge in [-0.05, 0) is 187 Å². The second-order valence-electron chi connectivity index (χ2n) is 37.8. The minimum absolute atomic E-state index is 0.00750. The molecule has 2 aromatic heterocycles. The second-order valence-corrected chi connectivity index (χ2v) is 37.8. The smallest absolute Gasteiger partial charge is 0.363 e. The molecule has 147 heavy (non-hydrogen) atoms. The zero-order valence-corrected chi connectivity index (χ0v) is 85.1. The number of carboxylic acid groups (broad SMARTS) is 4. The molecule has 12 amide bonds. The zero-order valence-electron chi connectivity index (χ0n) is 85.1. The number of aromatic hydroxyl groups is 1. The van der Waals surface area contributed by atoms with Crippen molar-refractivity contribution in [1.82, 2.24) is 63.0 Å². The summed E-state index contributed by atoms with van der Waals surface area (Å²) in [5.74, 6) is -17.7. The highest BCUT2D eigenvalue weighted by atomic mass is 16.4. The Hall–Kier alpha value is -15.6. The first kappa shape index (κ1) is 112. The van der Waals surface area contributed by atoms with Crippen molar-refractivity contribution in [1.29, 1.82) is 0 Å². The number of aliphatic hydroxyl groups excluding tert-OH is 1. The topological polar surface area (TPSA) is 574 Å². The summed E-state index contributed by atoms with van der Waals surface area (Å²) in [6, 6.07) is 17.1. The van der Waals surface area contributed by atoms with Gasteiger partial charge in [0.05, 0.1) is 76.5 Å². The lowest BCUT2D eigenvalue weighted by Crippen LogP contribution is -2.61. The molecule has 4 heterocycles. The maximum atomic E-state index is 15.2. The van der Waals surface area contributed by atoms with Crippen LogP contribution in [0.1, 0.15) is 197 Å². The minimum Gasteiger partial charge on any atom is -0.508 e. The Morgan fingerprint density at radius 2 is 0.905 bits per heavy atom. The average molecular weight is 2030 g/mol. The number of aliphatic hydroxyl groups is 1. The highest BCUT2D eigenvalue weighted by molar-refractivity contribution is 6.20. The molecule has 0 saturated carbocycles. The van der Waals surface area contributed by atoms with E-state index in [2.05, 4.69) is 63.8 Å². The van der Waals surface area contributed by atoms with E-state index >= 15 is 4.79 Å². The number of aromatic carboxylic acids is 2. The number of fused-ring (bicyclic) bond motifs is 4. The van der Waals surface area contributed by atoms with Crippen LogP contribution in [0, 0.1) is 25.7 Å². The van der Waals surface area contributed by atoms with E-state index in [1.54, 1.807) is 64.1 Å². The Morgan fingerprint density at radius 1 is 0.449 bits per heavy atom. The summed E-state index contributed by atoms with van der Waals surface area (Å²) >= 11 is 0. The molecule has 40 nitrogen and oxygen atoms in total. The number of hydrogen-bond donors (Lipinski definition) is 18. The number of carbonyl (C=O) groups is 16. The molecule has 12 atom stereocenters. The summed E-state index contributed by atoms with van der Waals surface area (Å²) < 4.78 is 13.1. The van der Waals surface area contributed by atoms with E-state index in [1.165, 1.54) is 77.4 Å². The van der Waals surface area contributed by atoms with Crippen LogP contribution in [-0.2, 0) is 64.0 Å². The van der Waals surface area contributed by atoms with Gasteiger partial charge >= 0.3 is 46.2 Å². The molecule has 0 spiro atoms. The lowest BCUT2D eigenvalue weighted by Gasteiger charge is -2.33. The largest absolute Gasteiger partial charge is 0.508 e. The van der Waals surface area contributed by atoms with Crippen LogP contribution in [0.3, 0.4) is 0 Å². The molecule has 2 saturated heterocycles. The molecule has 7 aromatic carbocycles. The van der Waals surface area contributed by atoms with Crippen molar-refractivity contribution in [2.45, 2.75) is 220 Å². The first-order chi connectivity index (χ1) is 70.0. The average Bonchev–Trinajstić information content (AvgIpc) is 0.969.